The minimum Gasteiger partial charge on any atom is -0.340 e. The number of fused-ring (bicyclic) bond motifs is 1. The SMILES string of the molecule is CCN1Cc2ccccc2CC1C(=O)N(C)Cc1ccccc1CN(C)C. The van der Waals surface area contributed by atoms with Gasteiger partial charge in [-0.15, -0.1) is 0 Å². The molecule has 0 N–H and O–H groups in total. The fourth-order valence-electron chi connectivity index (χ4n) is 3.95. The minimum atomic E-state index is -0.0732. The summed E-state index contributed by atoms with van der Waals surface area (Å²) < 4.78 is 0. The van der Waals surface area contributed by atoms with E-state index in [0.29, 0.717) is 6.54 Å². The van der Waals surface area contributed by atoms with Gasteiger partial charge < -0.3 is 9.80 Å². The second-order valence-corrected chi connectivity index (χ2v) is 7.75. The third kappa shape index (κ3) is 4.57. The van der Waals surface area contributed by atoms with E-state index >= 15 is 0 Å². The molecule has 2 aromatic rings. The number of carbonyl (C=O) groups is 1. The third-order valence-corrected chi connectivity index (χ3v) is 5.43. The van der Waals surface area contributed by atoms with E-state index in [0.717, 1.165) is 26.1 Å². The molecule has 0 saturated heterocycles. The summed E-state index contributed by atoms with van der Waals surface area (Å²) in [6.07, 6.45) is 0.798. The molecule has 1 amide bonds. The van der Waals surface area contributed by atoms with Crippen LogP contribution in [0.1, 0.15) is 29.2 Å². The Labute approximate surface area is 163 Å². The van der Waals surface area contributed by atoms with Gasteiger partial charge in [0.05, 0.1) is 6.04 Å². The maximum absolute atomic E-state index is 13.3. The fraction of sp³-hybridized carbons (Fsp3) is 0.435. The molecule has 2 aromatic carbocycles. The predicted molar refractivity (Wildman–Crippen MR) is 110 cm³/mol. The van der Waals surface area contributed by atoms with E-state index in [2.05, 4.69) is 79.3 Å². The molecule has 144 valence electrons. The molecule has 1 aliphatic rings. The minimum absolute atomic E-state index is 0.0732. The zero-order valence-corrected chi connectivity index (χ0v) is 17.0. The predicted octanol–water partition coefficient (Wildman–Crippen LogP) is 3.15. The molecule has 0 aromatic heterocycles. The molecule has 0 bridgehead atoms. The van der Waals surface area contributed by atoms with Crippen molar-refractivity contribution in [2.75, 3.05) is 27.7 Å². The Kier molecular flexibility index (Phi) is 6.30. The Hall–Kier alpha value is -2.17. The van der Waals surface area contributed by atoms with Crippen LogP contribution in [-0.4, -0.2) is 54.3 Å². The molecule has 0 saturated carbocycles. The molecule has 1 atom stereocenters. The van der Waals surface area contributed by atoms with Crippen molar-refractivity contribution in [3.8, 4) is 0 Å². The topological polar surface area (TPSA) is 26.8 Å². The van der Waals surface area contributed by atoms with Crippen molar-refractivity contribution in [2.45, 2.75) is 39.0 Å². The first-order chi connectivity index (χ1) is 13.0. The zero-order chi connectivity index (χ0) is 19.4. The van der Waals surface area contributed by atoms with Crippen LogP contribution in [0.5, 0.6) is 0 Å². The van der Waals surface area contributed by atoms with Crippen molar-refractivity contribution in [1.29, 1.82) is 0 Å². The molecule has 4 heteroatoms. The fourth-order valence-corrected chi connectivity index (χ4v) is 3.95. The number of carbonyl (C=O) groups excluding carboxylic acids is 1. The van der Waals surface area contributed by atoms with Crippen LogP contribution < -0.4 is 0 Å². The highest BCUT2D eigenvalue weighted by Crippen LogP contribution is 2.24. The lowest BCUT2D eigenvalue weighted by Crippen LogP contribution is -2.50. The van der Waals surface area contributed by atoms with Gasteiger partial charge in [-0.05, 0) is 49.3 Å². The molecule has 0 spiro atoms. The molecular weight excluding hydrogens is 334 g/mol. The lowest BCUT2D eigenvalue weighted by Gasteiger charge is -2.37. The summed E-state index contributed by atoms with van der Waals surface area (Å²) >= 11 is 0. The van der Waals surface area contributed by atoms with E-state index in [1.165, 1.54) is 22.3 Å². The van der Waals surface area contributed by atoms with Gasteiger partial charge in [0, 0.05) is 26.7 Å². The summed E-state index contributed by atoms with van der Waals surface area (Å²) in [7, 11) is 6.08. The smallest absolute Gasteiger partial charge is 0.240 e. The molecule has 27 heavy (non-hydrogen) atoms. The monoisotopic (exact) mass is 365 g/mol. The number of nitrogens with zero attached hydrogens (tertiary/aromatic N) is 3. The summed E-state index contributed by atoms with van der Waals surface area (Å²) in [5.41, 5.74) is 5.16. The second-order valence-electron chi connectivity index (χ2n) is 7.75. The van der Waals surface area contributed by atoms with E-state index in [9.17, 15) is 4.79 Å². The van der Waals surface area contributed by atoms with Crippen LogP contribution in [0.2, 0.25) is 0 Å². The Morgan fingerprint density at radius 2 is 1.56 bits per heavy atom. The Morgan fingerprint density at radius 1 is 0.963 bits per heavy atom. The van der Waals surface area contributed by atoms with Crippen LogP contribution in [-0.2, 0) is 30.8 Å². The van der Waals surface area contributed by atoms with Gasteiger partial charge in [-0.3, -0.25) is 9.69 Å². The molecular formula is C23H31N3O. The summed E-state index contributed by atoms with van der Waals surface area (Å²) in [5.74, 6) is 0.214. The number of amides is 1. The maximum Gasteiger partial charge on any atom is 0.240 e. The standard InChI is InChI=1S/C23H31N3O/c1-5-26-17-21-13-7-6-10-18(21)14-22(26)23(27)25(4)16-20-12-9-8-11-19(20)15-24(2)3/h6-13,22H,5,14-17H2,1-4H3. The van der Waals surface area contributed by atoms with Crippen molar-refractivity contribution < 1.29 is 4.79 Å². The molecule has 3 rings (SSSR count). The third-order valence-electron chi connectivity index (χ3n) is 5.43. The van der Waals surface area contributed by atoms with E-state index in [1.807, 2.05) is 11.9 Å². The highest BCUT2D eigenvalue weighted by atomic mass is 16.2. The van der Waals surface area contributed by atoms with Gasteiger partial charge in [0.2, 0.25) is 5.91 Å². The summed E-state index contributed by atoms with van der Waals surface area (Å²) in [6, 6.07) is 16.8. The highest BCUT2D eigenvalue weighted by molar-refractivity contribution is 5.82. The van der Waals surface area contributed by atoms with E-state index < -0.39 is 0 Å². The van der Waals surface area contributed by atoms with Gasteiger partial charge in [-0.1, -0.05) is 55.5 Å². The van der Waals surface area contributed by atoms with Crippen LogP contribution >= 0.6 is 0 Å². The molecule has 0 fully saturated rings. The van der Waals surface area contributed by atoms with Crippen molar-refractivity contribution in [1.82, 2.24) is 14.7 Å². The van der Waals surface area contributed by atoms with Gasteiger partial charge in [-0.2, -0.15) is 0 Å². The van der Waals surface area contributed by atoms with Crippen LogP contribution in [0.25, 0.3) is 0 Å². The first kappa shape index (κ1) is 19.6. The molecule has 1 unspecified atom stereocenters. The van der Waals surface area contributed by atoms with Gasteiger partial charge >= 0.3 is 0 Å². The number of benzene rings is 2. The lowest BCUT2D eigenvalue weighted by molar-refractivity contribution is -0.136. The van der Waals surface area contributed by atoms with Gasteiger partial charge in [0.1, 0.15) is 0 Å². The first-order valence-corrected chi connectivity index (χ1v) is 9.77. The lowest BCUT2D eigenvalue weighted by atomic mass is 9.93. The van der Waals surface area contributed by atoms with Crippen molar-refractivity contribution in [3.05, 3.63) is 70.8 Å². The summed E-state index contributed by atoms with van der Waals surface area (Å²) in [5, 5.41) is 0. The molecule has 4 nitrogen and oxygen atoms in total. The average molecular weight is 366 g/mol. The number of hydrogen-bond donors (Lipinski definition) is 0. The van der Waals surface area contributed by atoms with Crippen molar-refractivity contribution in [2.24, 2.45) is 0 Å². The average Bonchev–Trinajstić information content (AvgIpc) is 2.67. The first-order valence-electron chi connectivity index (χ1n) is 9.77. The Morgan fingerprint density at radius 3 is 2.19 bits per heavy atom. The number of likely N-dealkylation sites (N-methyl/N-ethyl adjacent to an activating group) is 2. The van der Waals surface area contributed by atoms with E-state index in [1.54, 1.807) is 0 Å². The zero-order valence-electron chi connectivity index (χ0n) is 17.0. The normalized spacial score (nSPS) is 17.0. The molecule has 0 aliphatic carbocycles. The molecule has 1 heterocycles. The van der Waals surface area contributed by atoms with Crippen LogP contribution in [0, 0.1) is 0 Å². The summed E-state index contributed by atoms with van der Waals surface area (Å²) in [4.78, 5) is 19.7. The van der Waals surface area contributed by atoms with E-state index in [-0.39, 0.29) is 11.9 Å². The van der Waals surface area contributed by atoms with Crippen molar-refractivity contribution in [3.63, 3.8) is 0 Å². The number of hydrogen-bond acceptors (Lipinski definition) is 3. The quantitative estimate of drug-likeness (QED) is 0.787. The Bertz CT molecular complexity index is 787. The van der Waals surface area contributed by atoms with Crippen LogP contribution in [0.4, 0.5) is 0 Å². The van der Waals surface area contributed by atoms with Gasteiger partial charge in [0.15, 0.2) is 0 Å². The second kappa shape index (κ2) is 8.68. The van der Waals surface area contributed by atoms with Gasteiger partial charge in [0.25, 0.3) is 0 Å². The van der Waals surface area contributed by atoms with Crippen LogP contribution in [0.3, 0.4) is 0 Å². The maximum atomic E-state index is 13.3. The highest BCUT2D eigenvalue weighted by Gasteiger charge is 2.32. The molecule has 0 radical (unpaired) electrons. The Balaban J connectivity index is 1.76. The van der Waals surface area contributed by atoms with Crippen molar-refractivity contribution >= 4 is 5.91 Å². The summed E-state index contributed by atoms with van der Waals surface area (Å²) in [6.45, 7) is 5.42. The molecule has 1 aliphatic heterocycles. The largest absolute Gasteiger partial charge is 0.340 e. The van der Waals surface area contributed by atoms with Crippen LogP contribution in [0.15, 0.2) is 48.5 Å². The number of rotatable bonds is 6. The van der Waals surface area contributed by atoms with E-state index in [4.69, 9.17) is 0 Å². The van der Waals surface area contributed by atoms with Gasteiger partial charge in [-0.25, -0.2) is 0 Å².